The summed E-state index contributed by atoms with van der Waals surface area (Å²) in [4.78, 5) is 12.6. The van der Waals surface area contributed by atoms with Gasteiger partial charge in [0.15, 0.2) is 0 Å². The molecule has 0 N–H and O–H groups in total. The number of fused-ring (bicyclic) bond motifs is 3. The highest BCUT2D eigenvalue weighted by atomic mass is 16.5. The second-order valence-electron chi connectivity index (χ2n) is 6.30. The normalized spacial score (nSPS) is 61.1. The highest BCUT2D eigenvalue weighted by molar-refractivity contribution is 5.93. The van der Waals surface area contributed by atoms with Crippen LogP contribution >= 0.6 is 0 Å². The molecule has 2 spiro atoms. The largest absolute Gasteiger partial charge is 0.367 e. The zero-order valence-electron chi connectivity index (χ0n) is 9.34. The Morgan fingerprint density at radius 2 is 2.07 bits per heavy atom. The summed E-state index contributed by atoms with van der Waals surface area (Å²) in [6.07, 6.45) is 7.92. The Labute approximate surface area is 90.4 Å². The van der Waals surface area contributed by atoms with E-state index in [4.69, 9.17) is 4.74 Å². The van der Waals surface area contributed by atoms with Crippen LogP contribution in [0.4, 0.5) is 0 Å². The standard InChI is InChI=1S/C13H18O2/c1-11-7-8-13(15-11)5-2-4-12(13)6-3-9(11)10(12)14/h9H,2-8H2,1H3/t9-,11+,12+,13-/m0/s1. The molecule has 82 valence electrons. The lowest BCUT2D eigenvalue weighted by atomic mass is 9.70. The number of carbonyl (C=O) groups is 1. The molecular weight excluding hydrogens is 188 g/mol. The van der Waals surface area contributed by atoms with Crippen molar-refractivity contribution in [2.24, 2.45) is 11.3 Å². The summed E-state index contributed by atoms with van der Waals surface area (Å²) in [6, 6.07) is 0. The molecule has 2 heterocycles. The summed E-state index contributed by atoms with van der Waals surface area (Å²) in [5, 5.41) is 0. The van der Waals surface area contributed by atoms with Crippen LogP contribution in [0.25, 0.3) is 0 Å². The highest BCUT2D eigenvalue weighted by Gasteiger charge is 2.74. The van der Waals surface area contributed by atoms with Gasteiger partial charge in [-0.2, -0.15) is 0 Å². The SMILES string of the molecule is C[C@@]12CC[C@]3(CCC[C@]34CC[C@H]1C4=O)O2. The summed E-state index contributed by atoms with van der Waals surface area (Å²) in [5.41, 5.74) is -0.152. The maximum absolute atomic E-state index is 12.6. The lowest BCUT2D eigenvalue weighted by Gasteiger charge is -2.46. The van der Waals surface area contributed by atoms with Crippen LogP contribution in [0.2, 0.25) is 0 Å². The second kappa shape index (κ2) is 2.17. The molecule has 4 aliphatic rings. The van der Waals surface area contributed by atoms with E-state index in [9.17, 15) is 4.79 Å². The van der Waals surface area contributed by atoms with E-state index in [0.717, 1.165) is 38.5 Å². The number of hydrogen-bond acceptors (Lipinski definition) is 2. The first kappa shape index (κ1) is 8.74. The minimum absolute atomic E-state index is 0.0220. The van der Waals surface area contributed by atoms with Crippen LogP contribution in [0.3, 0.4) is 0 Å². The topological polar surface area (TPSA) is 26.3 Å². The molecule has 2 aliphatic carbocycles. The van der Waals surface area contributed by atoms with Crippen molar-refractivity contribution < 1.29 is 9.53 Å². The van der Waals surface area contributed by atoms with Crippen LogP contribution in [-0.2, 0) is 9.53 Å². The number of carbonyl (C=O) groups excluding carboxylic acids is 1. The van der Waals surface area contributed by atoms with Crippen molar-refractivity contribution in [1.29, 1.82) is 0 Å². The maximum Gasteiger partial charge on any atom is 0.147 e. The first-order valence-corrected chi connectivity index (χ1v) is 6.37. The van der Waals surface area contributed by atoms with Gasteiger partial charge in [-0.1, -0.05) is 0 Å². The molecule has 2 nitrogen and oxygen atoms in total. The van der Waals surface area contributed by atoms with Crippen molar-refractivity contribution in [2.45, 2.75) is 63.1 Å². The molecule has 0 radical (unpaired) electrons. The van der Waals surface area contributed by atoms with Gasteiger partial charge in [0.25, 0.3) is 0 Å². The quantitative estimate of drug-likeness (QED) is 0.608. The molecule has 0 aromatic carbocycles. The van der Waals surface area contributed by atoms with Gasteiger partial charge in [0.05, 0.1) is 16.6 Å². The van der Waals surface area contributed by atoms with Crippen LogP contribution in [-0.4, -0.2) is 17.0 Å². The molecule has 2 saturated heterocycles. The van der Waals surface area contributed by atoms with E-state index in [0.29, 0.717) is 5.78 Å². The molecule has 0 amide bonds. The van der Waals surface area contributed by atoms with Gasteiger partial charge in [-0.05, 0) is 51.9 Å². The Morgan fingerprint density at radius 3 is 2.93 bits per heavy atom. The number of ether oxygens (including phenoxy) is 1. The van der Waals surface area contributed by atoms with Gasteiger partial charge in [0.1, 0.15) is 5.78 Å². The molecule has 2 saturated carbocycles. The Kier molecular flexibility index (Phi) is 1.27. The molecule has 0 aromatic heterocycles. The Hall–Kier alpha value is -0.370. The first-order valence-electron chi connectivity index (χ1n) is 6.37. The smallest absolute Gasteiger partial charge is 0.147 e. The maximum atomic E-state index is 12.6. The fourth-order valence-corrected chi connectivity index (χ4v) is 5.16. The Bertz CT molecular complexity index is 364. The molecule has 0 unspecified atom stereocenters. The van der Waals surface area contributed by atoms with Gasteiger partial charge in [0, 0.05) is 5.92 Å². The van der Waals surface area contributed by atoms with Crippen LogP contribution in [0.15, 0.2) is 0 Å². The van der Waals surface area contributed by atoms with Crippen molar-refractivity contribution in [1.82, 2.24) is 0 Å². The van der Waals surface area contributed by atoms with Gasteiger partial charge in [0.2, 0.25) is 0 Å². The third kappa shape index (κ3) is 0.692. The van der Waals surface area contributed by atoms with Gasteiger partial charge in [-0.15, -0.1) is 0 Å². The van der Waals surface area contributed by atoms with Crippen molar-refractivity contribution in [3.05, 3.63) is 0 Å². The molecule has 2 heteroatoms. The molecule has 2 aliphatic heterocycles. The van der Waals surface area contributed by atoms with Crippen LogP contribution < -0.4 is 0 Å². The van der Waals surface area contributed by atoms with Crippen LogP contribution in [0, 0.1) is 11.3 Å². The fourth-order valence-electron chi connectivity index (χ4n) is 5.16. The van der Waals surface area contributed by atoms with Gasteiger partial charge in [-0.3, -0.25) is 4.79 Å². The van der Waals surface area contributed by atoms with E-state index >= 15 is 0 Å². The number of hydrogen-bond donors (Lipinski definition) is 0. The molecule has 4 fully saturated rings. The fraction of sp³-hybridized carbons (Fsp3) is 0.923. The lowest BCUT2D eigenvalue weighted by molar-refractivity contribution is -0.193. The average molecular weight is 206 g/mol. The summed E-state index contributed by atoms with van der Waals surface area (Å²) in [6.45, 7) is 2.18. The third-order valence-corrected chi connectivity index (χ3v) is 5.90. The molecule has 15 heavy (non-hydrogen) atoms. The number of ketones is 1. The van der Waals surface area contributed by atoms with Gasteiger partial charge < -0.3 is 4.74 Å². The molecule has 4 rings (SSSR count). The predicted octanol–water partition coefficient (Wildman–Crippen LogP) is 2.46. The van der Waals surface area contributed by atoms with E-state index in [2.05, 4.69) is 6.92 Å². The van der Waals surface area contributed by atoms with Gasteiger partial charge >= 0.3 is 0 Å². The van der Waals surface area contributed by atoms with E-state index in [-0.39, 0.29) is 22.5 Å². The number of rotatable bonds is 0. The van der Waals surface area contributed by atoms with E-state index in [1.54, 1.807) is 0 Å². The molecule has 4 bridgehead atoms. The highest BCUT2D eigenvalue weighted by Crippen LogP contribution is 2.70. The van der Waals surface area contributed by atoms with Crippen molar-refractivity contribution in [3.8, 4) is 0 Å². The van der Waals surface area contributed by atoms with Crippen molar-refractivity contribution >= 4 is 5.78 Å². The van der Waals surface area contributed by atoms with E-state index in [1.807, 2.05) is 0 Å². The summed E-state index contributed by atoms with van der Waals surface area (Å²) >= 11 is 0. The van der Waals surface area contributed by atoms with E-state index in [1.165, 1.54) is 6.42 Å². The summed E-state index contributed by atoms with van der Waals surface area (Å²) in [7, 11) is 0. The second-order valence-corrected chi connectivity index (χ2v) is 6.30. The molecule has 0 aromatic rings. The van der Waals surface area contributed by atoms with E-state index < -0.39 is 0 Å². The first-order chi connectivity index (χ1) is 7.12. The Balaban J connectivity index is 1.96. The van der Waals surface area contributed by atoms with Gasteiger partial charge in [-0.25, -0.2) is 0 Å². The zero-order valence-corrected chi connectivity index (χ0v) is 9.34. The summed E-state index contributed by atoms with van der Waals surface area (Å²) in [5.74, 6) is 0.803. The monoisotopic (exact) mass is 206 g/mol. The average Bonchev–Trinajstić information content (AvgIpc) is 2.78. The van der Waals surface area contributed by atoms with Crippen molar-refractivity contribution in [2.75, 3.05) is 0 Å². The minimum atomic E-state index is -0.0958. The van der Waals surface area contributed by atoms with Crippen molar-refractivity contribution in [3.63, 3.8) is 0 Å². The predicted molar refractivity (Wildman–Crippen MR) is 55.5 cm³/mol. The Morgan fingerprint density at radius 1 is 1.20 bits per heavy atom. The molecule has 4 atom stereocenters. The molecular formula is C13H18O2. The third-order valence-electron chi connectivity index (χ3n) is 5.90. The lowest BCUT2D eigenvalue weighted by Crippen LogP contribution is -2.55. The van der Waals surface area contributed by atoms with Crippen LogP contribution in [0.1, 0.15) is 51.9 Å². The zero-order chi connectivity index (χ0) is 10.3. The van der Waals surface area contributed by atoms with Crippen LogP contribution in [0.5, 0.6) is 0 Å². The minimum Gasteiger partial charge on any atom is -0.367 e. The number of Topliss-reactive ketones (excluding diaryl/α,β-unsaturated/α-hetero) is 1. The summed E-state index contributed by atoms with van der Waals surface area (Å²) < 4.78 is 6.42.